The van der Waals surface area contributed by atoms with Crippen molar-refractivity contribution in [2.45, 2.75) is 0 Å². The smallest absolute Gasteiger partial charge is 0.160 e. The van der Waals surface area contributed by atoms with E-state index in [4.69, 9.17) is 15.3 Å². The van der Waals surface area contributed by atoms with Crippen LogP contribution in [0.1, 0.15) is 0 Å². The average Bonchev–Trinajstić information content (AvgIpc) is 1.95. The van der Waals surface area contributed by atoms with E-state index in [9.17, 15) is 0 Å². The average molecular weight is 148 g/mol. The lowest BCUT2D eigenvalue weighted by Crippen LogP contribution is -2.46. The third kappa shape index (κ3) is 1.91. The fourth-order valence-corrected chi connectivity index (χ4v) is 1.03. The molecule has 0 rings (SSSR count). The van der Waals surface area contributed by atoms with E-state index < -0.39 is 8.07 Å². The zero-order valence-electron chi connectivity index (χ0n) is 5.25. The van der Waals surface area contributed by atoms with E-state index >= 15 is 0 Å². The van der Waals surface area contributed by atoms with Gasteiger partial charge in [-0.2, -0.15) is 0 Å². The van der Waals surface area contributed by atoms with Crippen molar-refractivity contribution in [2.24, 2.45) is 0 Å². The Hall–Kier alpha value is -0.163. The Kier molecular flexibility index (Phi) is 3.72. The first-order valence-electron chi connectivity index (χ1n) is 2.71. The van der Waals surface area contributed by atoms with E-state index in [1.165, 1.54) is 5.70 Å². The minimum Gasteiger partial charge on any atom is -0.399 e. The van der Waals surface area contributed by atoms with Crippen molar-refractivity contribution in [1.29, 1.82) is 0 Å². The summed E-state index contributed by atoms with van der Waals surface area (Å²) in [6, 6.07) is 0. The van der Waals surface area contributed by atoms with E-state index in [0.717, 1.165) is 0 Å². The number of hydrogen-bond donors (Lipinski definition) is 3. The summed E-state index contributed by atoms with van der Waals surface area (Å²) < 4.78 is 0. The highest BCUT2D eigenvalue weighted by molar-refractivity contribution is 6.84. The third-order valence-electron chi connectivity index (χ3n) is 1.38. The summed E-state index contributed by atoms with van der Waals surface area (Å²) in [7, 11) is -2.26. The SMILES string of the molecule is C=C[Si](CO)(CO)CO. The van der Waals surface area contributed by atoms with Gasteiger partial charge in [0.2, 0.25) is 0 Å². The number of hydrogen-bond acceptors (Lipinski definition) is 3. The maximum Gasteiger partial charge on any atom is 0.160 e. The largest absolute Gasteiger partial charge is 0.399 e. The molecule has 0 aliphatic rings. The molecule has 0 aromatic carbocycles. The summed E-state index contributed by atoms with van der Waals surface area (Å²) in [5, 5.41) is 25.9. The van der Waals surface area contributed by atoms with Gasteiger partial charge < -0.3 is 15.3 Å². The van der Waals surface area contributed by atoms with Crippen molar-refractivity contribution >= 4 is 8.07 Å². The van der Waals surface area contributed by atoms with E-state index in [0.29, 0.717) is 0 Å². The molecule has 0 aliphatic heterocycles. The number of aliphatic hydroxyl groups excluding tert-OH is 3. The normalized spacial score (nSPS) is 11.4. The highest BCUT2D eigenvalue weighted by Crippen LogP contribution is 1.99. The van der Waals surface area contributed by atoms with Crippen LogP contribution in [0.2, 0.25) is 0 Å². The Bertz CT molecular complexity index is 81.9. The van der Waals surface area contributed by atoms with Gasteiger partial charge in [0.1, 0.15) is 0 Å². The van der Waals surface area contributed by atoms with Crippen LogP contribution in [0.5, 0.6) is 0 Å². The van der Waals surface area contributed by atoms with Gasteiger partial charge in [0.15, 0.2) is 8.07 Å². The van der Waals surface area contributed by atoms with Gasteiger partial charge in [-0.3, -0.25) is 0 Å². The molecule has 0 unspecified atom stereocenters. The van der Waals surface area contributed by atoms with E-state index in [-0.39, 0.29) is 18.7 Å². The van der Waals surface area contributed by atoms with Gasteiger partial charge in [0, 0.05) is 18.7 Å². The van der Waals surface area contributed by atoms with Crippen LogP contribution in [-0.2, 0) is 0 Å². The molecular formula is C5H12O3Si. The fraction of sp³-hybridized carbons (Fsp3) is 0.600. The molecule has 9 heavy (non-hydrogen) atoms. The van der Waals surface area contributed by atoms with Crippen LogP contribution in [0.25, 0.3) is 0 Å². The van der Waals surface area contributed by atoms with Crippen LogP contribution in [0.3, 0.4) is 0 Å². The van der Waals surface area contributed by atoms with Gasteiger partial charge in [-0.25, -0.2) is 0 Å². The Labute approximate surface area is 55.3 Å². The van der Waals surface area contributed by atoms with Crippen LogP contribution in [-0.4, -0.2) is 42.1 Å². The topological polar surface area (TPSA) is 60.7 Å². The zero-order chi connectivity index (χ0) is 7.33. The van der Waals surface area contributed by atoms with Gasteiger partial charge in [0.25, 0.3) is 0 Å². The summed E-state index contributed by atoms with van der Waals surface area (Å²) in [4.78, 5) is 0. The van der Waals surface area contributed by atoms with E-state index in [1.807, 2.05) is 0 Å². The monoisotopic (exact) mass is 148 g/mol. The lowest BCUT2D eigenvalue weighted by molar-refractivity contribution is 0.292. The first kappa shape index (κ1) is 8.84. The summed E-state index contributed by atoms with van der Waals surface area (Å²) in [5.74, 6) is 0. The molecule has 0 saturated heterocycles. The van der Waals surface area contributed by atoms with Crippen molar-refractivity contribution < 1.29 is 15.3 Å². The second-order valence-corrected chi connectivity index (χ2v) is 6.12. The molecule has 0 atom stereocenters. The molecule has 0 spiro atoms. The standard InChI is InChI=1S/C5H12O3Si/c1-2-9(3-6,4-7)5-8/h2,6-8H,1,3-5H2. The van der Waals surface area contributed by atoms with Crippen LogP contribution in [0.15, 0.2) is 12.3 Å². The van der Waals surface area contributed by atoms with Gasteiger partial charge in [-0.05, 0) is 0 Å². The summed E-state index contributed by atoms with van der Waals surface area (Å²) in [6.45, 7) is 3.43. The molecule has 0 saturated carbocycles. The van der Waals surface area contributed by atoms with Gasteiger partial charge in [0.05, 0.1) is 0 Å². The second-order valence-electron chi connectivity index (χ2n) is 2.04. The van der Waals surface area contributed by atoms with Gasteiger partial charge in [-0.15, -0.1) is 6.58 Å². The summed E-state index contributed by atoms with van der Waals surface area (Å²) in [6.07, 6.45) is -0.406. The molecule has 0 fully saturated rings. The fourth-order valence-electron chi connectivity index (χ4n) is 0.344. The summed E-state index contributed by atoms with van der Waals surface area (Å²) >= 11 is 0. The molecular weight excluding hydrogens is 136 g/mol. The van der Waals surface area contributed by atoms with Crippen molar-refractivity contribution in [1.82, 2.24) is 0 Å². The predicted molar refractivity (Wildman–Crippen MR) is 37.2 cm³/mol. The minimum atomic E-state index is -2.26. The highest BCUT2D eigenvalue weighted by Gasteiger charge is 2.26. The molecule has 3 nitrogen and oxygen atoms in total. The van der Waals surface area contributed by atoms with Crippen molar-refractivity contribution in [2.75, 3.05) is 18.7 Å². The van der Waals surface area contributed by atoms with E-state index in [2.05, 4.69) is 6.58 Å². The summed E-state index contributed by atoms with van der Waals surface area (Å²) in [5.41, 5.74) is 1.49. The van der Waals surface area contributed by atoms with Crippen molar-refractivity contribution in [3.8, 4) is 0 Å². The Morgan fingerprint density at radius 3 is 1.44 bits per heavy atom. The third-order valence-corrected chi connectivity index (χ3v) is 4.13. The predicted octanol–water partition coefficient (Wildman–Crippen LogP) is -1.25. The molecule has 0 aromatic rings. The lowest BCUT2D eigenvalue weighted by Gasteiger charge is -2.18. The Morgan fingerprint density at radius 2 is 1.44 bits per heavy atom. The maximum atomic E-state index is 8.65. The maximum absolute atomic E-state index is 8.65. The molecule has 0 heterocycles. The first-order valence-corrected chi connectivity index (χ1v) is 5.40. The van der Waals surface area contributed by atoms with Crippen LogP contribution in [0.4, 0.5) is 0 Å². The molecule has 0 aliphatic carbocycles. The second kappa shape index (κ2) is 3.79. The minimum absolute atomic E-state index is 0.135. The molecule has 3 N–H and O–H groups in total. The molecule has 54 valence electrons. The van der Waals surface area contributed by atoms with E-state index in [1.54, 1.807) is 0 Å². The molecule has 0 radical (unpaired) electrons. The first-order chi connectivity index (χ1) is 4.24. The van der Waals surface area contributed by atoms with Crippen LogP contribution >= 0.6 is 0 Å². The highest BCUT2D eigenvalue weighted by atomic mass is 28.3. The number of aliphatic hydroxyl groups is 3. The quantitative estimate of drug-likeness (QED) is 0.437. The van der Waals surface area contributed by atoms with Crippen molar-refractivity contribution in [3.05, 3.63) is 12.3 Å². The van der Waals surface area contributed by atoms with Crippen molar-refractivity contribution in [3.63, 3.8) is 0 Å². The zero-order valence-corrected chi connectivity index (χ0v) is 6.25. The molecule has 0 aromatic heterocycles. The van der Waals surface area contributed by atoms with Crippen LogP contribution in [0, 0.1) is 0 Å². The Morgan fingerprint density at radius 1 is 1.11 bits per heavy atom. The lowest BCUT2D eigenvalue weighted by atomic mass is 11.3. The number of rotatable bonds is 4. The molecule has 4 heteroatoms. The molecule has 0 bridgehead atoms. The van der Waals surface area contributed by atoms with Gasteiger partial charge in [-0.1, -0.05) is 5.70 Å². The van der Waals surface area contributed by atoms with Gasteiger partial charge >= 0.3 is 0 Å². The Balaban J connectivity index is 3.98. The van der Waals surface area contributed by atoms with Crippen LogP contribution < -0.4 is 0 Å². The molecule has 0 amide bonds.